The molecule has 1 N–H and O–H groups in total. The fourth-order valence-electron chi connectivity index (χ4n) is 4.60. The molecule has 36 heavy (non-hydrogen) atoms. The molecule has 0 atom stereocenters. The lowest BCUT2D eigenvalue weighted by Gasteiger charge is -2.29. The van der Waals surface area contributed by atoms with Gasteiger partial charge in [0.05, 0.1) is 35.7 Å². The summed E-state index contributed by atoms with van der Waals surface area (Å²) in [6.45, 7) is 2.21. The van der Waals surface area contributed by atoms with Crippen molar-refractivity contribution in [2.75, 3.05) is 24.4 Å². The van der Waals surface area contributed by atoms with Crippen molar-refractivity contribution >= 4 is 26.6 Å². The largest absolute Gasteiger partial charge is 0.473 e. The minimum atomic E-state index is -3.07. The fraction of sp³-hybridized carbons (Fsp3) is 0.458. The normalized spacial score (nSPS) is 18.4. The van der Waals surface area contributed by atoms with Gasteiger partial charge in [0.2, 0.25) is 5.88 Å². The minimum absolute atomic E-state index is 0.0375. The molecule has 12 heteroatoms. The van der Waals surface area contributed by atoms with E-state index in [1.165, 1.54) is 6.26 Å². The van der Waals surface area contributed by atoms with E-state index < -0.39 is 9.84 Å². The van der Waals surface area contributed by atoms with Crippen molar-refractivity contribution in [3.63, 3.8) is 0 Å². The molecule has 11 nitrogen and oxygen atoms in total. The molecule has 0 radical (unpaired) electrons. The van der Waals surface area contributed by atoms with Crippen molar-refractivity contribution in [2.24, 2.45) is 0 Å². The first-order chi connectivity index (χ1) is 17.3. The van der Waals surface area contributed by atoms with Gasteiger partial charge in [-0.25, -0.2) is 18.4 Å². The molecule has 0 unspecified atom stereocenters. The predicted molar refractivity (Wildman–Crippen MR) is 137 cm³/mol. The van der Waals surface area contributed by atoms with Crippen LogP contribution in [0.15, 0.2) is 37.1 Å². The number of anilines is 1. The average Bonchev–Trinajstić information content (AvgIpc) is 3.48. The third kappa shape index (κ3) is 5.18. The van der Waals surface area contributed by atoms with Gasteiger partial charge in [0, 0.05) is 55.1 Å². The second-order valence-electron chi connectivity index (χ2n) is 9.25. The van der Waals surface area contributed by atoms with E-state index in [9.17, 15) is 8.42 Å². The molecule has 0 bridgehead atoms. The van der Waals surface area contributed by atoms with Crippen LogP contribution in [0.3, 0.4) is 0 Å². The Morgan fingerprint density at radius 2 is 1.89 bits per heavy atom. The molecule has 4 heterocycles. The van der Waals surface area contributed by atoms with Crippen molar-refractivity contribution in [3.05, 3.63) is 42.7 Å². The summed E-state index contributed by atoms with van der Waals surface area (Å²) >= 11 is 0. The zero-order valence-electron chi connectivity index (χ0n) is 20.6. The van der Waals surface area contributed by atoms with E-state index in [4.69, 9.17) is 9.84 Å². The first-order valence-electron chi connectivity index (χ1n) is 12.0. The molecule has 1 saturated carbocycles. The molecule has 0 amide bonds. The van der Waals surface area contributed by atoms with E-state index in [0.717, 1.165) is 59.4 Å². The Labute approximate surface area is 209 Å². The Morgan fingerprint density at radius 1 is 1.11 bits per heavy atom. The zero-order chi connectivity index (χ0) is 25.3. The van der Waals surface area contributed by atoms with E-state index in [-0.39, 0.29) is 17.9 Å². The number of fused-ring (bicyclic) bond motifs is 1. The monoisotopic (exact) mass is 510 g/mol. The molecule has 0 spiro atoms. The summed E-state index contributed by atoms with van der Waals surface area (Å²) in [6.07, 6.45) is 13.7. The van der Waals surface area contributed by atoms with E-state index >= 15 is 0 Å². The quantitative estimate of drug-likeness (QED) is 0.380. The molecular weight excluding hydrogens is 480 g/mol. The second-order valence-corrected chi connectivity index (χ2v) is 11.5. The summed E-state index contributed by atoms with van der Waals surface area (Å²) < 4.78 is 33.0. The van der Waals surface area contributed by atoms with Crippen molar-refractivity contribution in [1.29, 1.82) is 0 Å². The number of sulfone groups is 1. The molecule has 190 valence electrons. The van der Waals surface area contributed by atoms with E-state index in [0.29, 0.717) is 12.4 Å². The molecule has 4 aromatic heterocycles. The number of nitrogens with one attached hydrogen (secondary N) is 1. The van der Waals surface area contributed by atoms with Crippen LogP contribution in [0, 0.1) is 6.92 Å². The van der Waals surface area contributed by atoms with E-state index in [2.05, 4.69) is 30.0 Å². The fourth-order valence-corrected chi connectivity index (χ4v) is 5.12. The van der Waals surface area contributed by atoms with Gasteiger partial charge in [0.15, 0.2) is 0 Å². The summed E-state index contributed by atoms with van der Waals surface area (Å²) in [6, 6.07) is 2.24. The lowest BCUT2D eigenvalue weighted by Crippen LogP contribution is -2.26. The lowest BCUT2D eigenvalue weighted by molar-refractivity contribution is 0.124. The van der Waals surface area contributed by atoms with Crippen molar-refractivity contribution < 1.29 is 13.2 Å². The van der Waals surface area contributed by atoms with Crippen molar-refractivity contribution in [2.45, 2.75) is 51.3 Å². The number of hydrogen-bond donors (Lipinski definition) is 1. The second kappa shape index (κ2) is 9.84. The molecule has 4 aromatic rings. The average molecular weight is 511 g/mol. The number of ether oxygens (including phenoxy) is 1. The Hall–Kier alpha value is -3.54. The highest BCUT2D eigenvalue weighted by Gasteiger charge is 2.27. The van der Waals surface area contributed by atoms with Crippen LogP contribution >= 0.6 is 0 Å². The predicted octanol–water partition coefficient (Wildman–Crippen LogP) is 3.04. The molecule has 0 aliphatic heterocycles. The van der Waals surface area contributed by atoms with Gasteiger partial charge in [-0.1, -0.05) is 0 Å². The Bertz CT molecular complexity index is 1470. The number of pyridine rings is 1. The number of aryl methyl sites for hydroxylation is 2. The maximum absolute atomic E-state index is 11.6. The van der Waals surface area contributed by atoms with Crippen LogP contribution < -0.4 is 10.1 Å². The number of hydrogen-bond acceptors (Lipinski definition) is 9. The molecule has 5 rings (SSSR count). The number of rotatable bonds is 8. The molecular formula is C24H30N8O3S. The van der Waals surface area contributed by atoms with Gasteiger partial charge in [-0.05, 0) is 32.6 Å². The zero-order valence-corrected chi connectivity index (χ0v) is 21.4. The highest BCUT2D eigenvalue weighted by atomic mass is 32.2. The number of nitrogens with zero attached hydrogens (tertiary/aromatic N) is 7. The minimum Gasteiger partial charge on any atom is -0.473 e. The molecule has 1 fully saturated rings. The van der Waals surface area contributed by atoms with Gasteiger partial charge in [-0.2, -0.15) is 10.2 Å². The van der Waals surface area contributed by atoms with Gasteiger partial charge in [0.25, 0.3) is 0 Å². The summed E-state index contributed by atoms with van der Waals surface area (Å²) in [5.41, 5.74) is 3.43. The molecule has 0 aromatic carbocycles. The smallest absolute Gasteiger partial charge is 0.235 e. The van der Waals surface area contributed by atoms with Crippen LogP contribution in [0.25, 0.3) is 22.2 Å². The van der Waals surface area contributed by atoms with E-state index in [1.807, 2.05) is 32.4 Å². The summed E-state index contributed by atoms with van der Waals surface area (Å²) in [4.78, 5) is 13.1. The van der Waals surface area contributed by atoms with E-state index in [1.54, 1.807) is 23.3 Å². The number of aromatic nitrogens is 7. The standard InChI is InChI=1S/C24H30N8O3S/c1-16-24(27-9-8-26-16)35-19-6-4-18(5-7-19)32-21-12-22(25-2)28-14-20(21)23(30-32)17-13-29-31(15-17)10-11-36(3,33)34/h8-9,12-15,18-19H,4-7,10-11H2,1-3H3,(H,25,28)/t18-,19+. The third-order valence-corrected chi connectivity index (χ3v) is 7.47. The van der Waals surface area contributed by atoms with Crippen LogP contribution in [0.4, 0.5) is 5.82 Å². The summed E-state index contributed by atoms with van der Waals surface area (Å²) in [5, 5.41) is 13.4. The van der Waals surface area contributed by atoms with Gasteiger partial charge in [-0.3, -0.25) is 14.3 Å². The van der Waals surface area contributed by atoms with Gasteiger partial charge in [0.1, 0.15) is 27.5 Å². The van der Waals surface area contributed by atoms with Crippen molar-refractivity contribution in [1.82, 2.24) is 34.5 Å². The van der Waals surface area contributed by atoms with Crippen LogP contribution in [-0.2, 0) is 16.4 Å². The van der Waals surface area contributed by atoms with Gasteiger partial charge in [-0.15, -0.1) is 0 Å². The van der Waals surface area contributed by atoms with Crippen LogP contribution in [0.5, 0.6) is 5.88 Å². The SMILES string of the molecule is CNc1cc2c(cn1)c(-c1cnn(CCS(C)(=O)=O)c1)nn2[C@H]1CC[C@@H](Oc2nccnc2C)CC1. The maximum atomic E-state index is 11.6. The molecule has 0 saturated heterocycles. The van der Waals surface area contributed by atoms with Crippen molar-refractivity contribution in [3.8, 4) is 17.1 Å². The highest BCUT2D eigenvalue weighted by Crippen LogP contribution is 2.36. The lowest BCUT2D eigenvalue weighted by atomic mass is 9.93. The van der Waals surface area contributed by atoms with Crippen LogP contribution in [0.1, 0.15) is 37.4 Å². The Morgan fingerprint density at radius 3 is 2.61 bits per heavy atom. The molecule has 1 aliphatic carbocycles. The molecule has 1 aliphatic rings. The summed E-state index contributed by atoms with van der Waals surface area (Å²) in [5.74, 6) is 1.41. The van der Waals surface area contributed by atoms with Gasteiger partial charge >= 0.3 is 0 Å². The third-order valence-electron chi connectivity index (χ3n) is 6.55. The van der Waals surface area contributed by atoms with Gasteiger partial charge < -0.3 is 10.1 Å². The Kier molecular flexibility index (Phi) is 6.61. The Balaban J connectivity index is 1.39. The van der Waals surface area contributed by atoms with Crippen LogP contribution in [-0.4, -0.2) is 68.1 Å². The van der Waals surface area contributed by atoms with Crippen LogP contribution in [0.2, 0.25) is 0 Å². The first kappa shape index (κ1) is 24.2. The summed E-state index contributed by atoms with van der Waals surface area (Å²) in [7, 11) is -1.23. The topological polar surface area (TPSA) is 130 Å². The highest BCUT2D eigenvalue weighted by molar-refractivity contribution is 7.90. The first-order valence-corrected chi connectivity index (χ1v) is 14.1. The maximum Gasteiger partial charge on any atom is 0.235 e.